The van der Waals surface area contributed by atoms with Crippen molar-refractivity contribution in [2.24, 2.45) is 0 Å². The molecule has 0 spiro atoms. The Balaban J connectivity index is 2.92. The first-order valence-electron chi connectivity index (χ1n) is 6.30. The molecule has 116 valence electrons. The zero-order chi connectivity index (χ0) is 15.8. The standard InChI is InChI=1S/C13H18N2O6/c1-20-7-3-4-11(13(16)17)14-10-6-5-9(21-2)8-12(10)15(18)19/h5-6,8,11,14H,3-4,7H2,1-2H3,(H,16,17). The summed E-state index contributed by atoms with van der Waals surface area (Å²) in [4.78, 5) is 21.7. The summed E-state index contributed by atoms with van der Waals surface area (Å²) >= 11 is 0. The largest absolute Gasteiger partial charge is 0.496 e. The number of rotatable bonds is 9. The maximum Gasteiger partial charge on any atom is 0.326 e. The first-order chi connectivity index (χ1) is 9.99. The highest BCUT2D eigenvalue weighted by atomic mass is 16.6. The summed E-state index contributed by atoms with van der Waals surface area (Å²) in [5, 5.41) is 22.9. The summed E-state index contributed by atoms with van der Waals surface area (Å²) < 4.78 is 9.80. The fourth-order valence-corrected chi connectivity index (χ4v) is 1.79. The predicted molar refractivity (Wildman–Crippen MR) is 75.8 cm³/mol. The van der Waals surface area contributed by atoms with Crippen LogP contribution in [0.4, 0.5) is 11.4 Å². The van der Waals surface area contributed by atoms with E-state index in [4.69, 9.17) is 14.6 Å². The first kappa shape index (κ1) is 16.7. The Morgan fingerprint density at radius 3 is 2.71 bits per heavy atom. The Hall–Kier alpha value is -2.35. The van der Waals surface area contributed by atoms with Crippen molar-refractivity contribution in [3.8, 4) is 5.75 Å². The van der Waals surface area contributed by atoms with Crippen LogP contribution in [0.5, 0.6) is 5.75 Å². The third-order valence-electron chi connectivity index (χ3n) is 2.87. The molecule has 0 aromatic heterocycles. The third-order valence-corrected chi connectivity index (χ3v) is 2.87. The predicted octanol–water partition coefficient (Wildman–Crippen LogP) is 1.90. The van der Waals surface area contributed by atoms with Crippen LogP contribution in [-0.4, -0.2) is 42.9 Å². The Kier molecular flexibility index (Phi) is 6.41. The number of nitro groups is 1. The van der Waals surface area contributed by atoms with Crippen molar-refractivity contribution in [3.63, 3.8) is 0 Å². The molecule has 0 fully saturated rings. The molecule has 0 bridgehead atoms. The Labute approximate surface area is 121 Å². The van der Waals surface area contributed by atoms with Crippen LogP contribution in [0.25, 0.3) is 0 Å². The van der Waals surface area contributed by atoms with Gasteiger partial charge in [-0.25, -0.2) is 4.79 Å². The lowest BCUT2D eigenvalue weighted by Crippen LogP contribution is -2.29. The maximum absolute atomic E-state index is 11.2. The van der Waals surface area contributed by atoms with E-state index < -0.39 is 16.9 Å². The van der Waals surface area contributed by atoms with Crippen molar-refractivity contribution in [1.82, 2.24) is 0 Å². The number of hydrogen-bond acceptors (Lipinski definition) is 6. The van der Waals surface area contributed by atoms with Gasteiger partial charge in [0.05, 0.1) is 18.1 Å². The molecule has 0 amide bonds. The summed E-state index contributed by atoms with van der Waals surface area (Å²) in [6.45, 7) is 0.427. The summed E-state index contributed by atoms with van der Waals surface area (Å²) in [6.07, 6.45) is 0.830. The zero-order valence-electron chi connectivity index (χ0n) is 11.9. The van der Waals surface area contributed by atoms with E-state index >= 15 is 0 Å². The Bertz CT molecular complexity index is 505. The normalized spacial score (nSPS) is 11.7. The Morgan fingerprint density at radius 2 is 2.19 bits per heavy atom. The molecule has 0 aliphatic heterocycles. The molecule has 21 heavy (non-hydrogen) atoms. The van der Waals surface area contributed by atoms with Crippen LogP contribution < -0.4 is 10.1 Å². The summed E-state index contributed by atoms with van der Waals surface area (Å²) in [7, 11) is 2.93. The fourth-order valence-electron chi connectivity index (χ4n) is 1.79. The molecule has 8 nitrogen and oxygen atoms in total. The molecule has 0 radical (unpaired) electrons. The number of ether oxygens (including phenoxy) is 2. The van der Waals surface area contributed by atoms with E-state index in [-0.39, 0.29) is 11.4 Å². The second-order valence-corrected chi connectivity index (χ2v) is 4.31. The summed E-state index contributed by atoms with van der Waals surface area (Å²) in [5.74, 6) is -0.741. The molecule has 0 heterocycles. The number of carbonyl (C=O) groups is 1. The zero-order valence-corrected chi connectivity index (χ0v) is 11.9. The molecule has 0 aliphatic rings. The number of nitrogens with zero attached hydrogens (tertiary/aromatic N) is 1. The van der Waals surface area contributed by atoms with Gasteiger partial charge < -0.3 is 19.9 Å². The van der Waals surface area contributed by atoms with Gasteiger partial charge in [0.2, 0.25) is 0 Å². The topological polar surface area (TPSA) is 111 Å². The highest BCUT2D eigenvalue weighted by Gasteiger charge is 2.22. The lowest BCUT2D eigenvalue weighted by atomic mass is 10.1. The smallest absolute Gasteiger partial charge is 0.326 e. The molecule has 8 heteroatoms. The minimum Gasteiger partial charge on any atom is -0.496 e. The number of anilines is 1. The van der Waals surface area contributed by atoms with Crippen molar-refractivity contribution in [3.05, 3.63) is 28.3 Å². The number of methoxy groups -OCH3 is 2. The van der Waals surface area contributed by atoms with Crippen LogP contribution in [-0.2, 0) is 9.53 Å². The van der Waals surface area contributed by atoms with Gasteiger partial charge in [0, 0.05) is 13.7 Å². The molecule has 0 saturated carbocycles. The number of nitrogens with one attached hydrogen (secondary N) is 1. The molecule has 0 aliphatic carbocycles. The molecular weight excluding hydrogens is 280 g/mol. The highest BCUT2D eigenvalue weighted by molar-refractivity contribution is 5.79. The first-order valence-corrected chi connectivity index (χ1v) is 6.30. The summed E-state index contributed by atoms with van der Waals surface area (Å²) in [6, 6.07) is 3.29. The minimum atomic E-state index is -1.07. The molecule has 1 aromatic rings. The van der Waals surface area contributed by atoms with E-state index in [9.17, 15) is 14.9 Å². The van der Waals surface area contributed by atoms with Gasteiger partial charge in [-0.3, -0.25) is 10.1 Å². The second-order valence-electron chi connectivity index (χ2n) is 4.31. The van der Waals surface area contributed by atoms with Crippen molar-refractivity contribution in [2.45, 2.75) is 18.9 Å². The van der Waals surface area contributed by atoms with E-state index in [0.717, 1.165) is 0 Å². The molecule has 1 rings (SSSR count). The number of aliphatic carboxylic acids is 1. The number of hydrogen-bond donors (Lipinski definition) is 2. The quantitative estimate of drug-likeness (QED) is 0.407. The highest BCUT2D eigenvalue weighted by Crippen LogP contribution is 2.29. The number of benzene rings is 1. The third kappa shape index (κ3) is 4.92. The average Bonchev–Trinajstić information content (AvgIpc) is 2.46. The molecular formula is C13H18N2O6. The summed E-state index contributed by atoms with van der Waals surface area (Å²) in [5.41, 5.74) is -0.0852. The fraction of sp³-hybridized carbons (Fsp3) is 0.462. The van der Waals surface area contributed by atoms with E-state index in [0.29, 0.717) is 25.2 Å². The van der Waals surface area contributed by atoms with Gasteiger partial charge in [-0.1, -0.05) is 0 Å². The lowest BCUT2D eigenvalue weighted by molar-refractivity contribution is -0.384. The van der Waals surface area contributed by atoms with Crippen LogP contribution in [0.3, 0.4) is 0 Å². The molecule has 1 unspecified atom stereocenters. The molecule has 1 aromatic carbocycles. The van der Waals surface area contributed by atoms with E-state index in [2.05, 4.69) is 5.32 Å². The molecule has 0 saturated heterocycles. The van der Waals surface area contributed by atoms with E-state index in [1.807, 2.05) is 0 Å². The van der Waals surface area contributed by atoms with Gasteiger partial charge >= 0.3 is 5.97 Å². The van der Waals surface area contributed by atoms with Crippen LogP contribution in [0.2, 0.25) is 0 Å². The molecule has 2 N–H and O–H groups in total. The lowest BCUT2D eigenvalue weighted by Gasteiger charge is -2.16. The van der Waals surface area contributed by atoms with E-state index in [1.165, 1.54) is 32.4 Å². The van der Waals surface area contributed by atoms with Crippen LogP contribution in [0, 0.1) is 10.1 Å². The molecule has 1 atom stereocenters. The van der Waals surface area contributed by atoms with Crippen molar-refractivity contribution in [1.29, 1.82) is 0 Å². The van der Waals surface area contributed by atoms with Gasteiger partial charge in [-0.15, -0.1) is 0 Å². The van der Waals surface area contributed by atoms with Crippen LogP contribution in [0.1, 0.15) is 12.8 Å². The number of carboxylic acids is 1. The second kappa shape index (κ2) is 8.05. The SMILES string of the molecule is COCCCC(Nc1ccc(OC)cc1[N+](=O)[O-])C(=O)O. The average molecular weight is 298 g/mol. The van der Waals surface area contributed by atoms with E-state index in [1.54, 1.807) is 0 Å². The van der Waals surface area contributed by atoms with Crippen LogP contribution in [0.15, 0.2) is 18.2 Å². The van der Waals surface area contributed by atoms with Gasteiger partial charge in [0.15, 0.2) is 0 Å². The van der Waals surface area contributed by atoms with Gasteiger partial charge in [-0.05, 0) is 25.0 Å². The Morgan fingerprint density at radius 1 is 1.48 bits per heavy atom. The van der Waals surface area contributed by atoms with Gasteiger partial charge in [-0.2, -0.15) is 0 Å². The number of nitro benzene ring substituents is 1. The van der Waals surface area contributed by atoms with Crippen molar-refractivity contribution in [2.75, 3.05) is 26.1 Å². The van der Waals surface area contributed by atoms with Crippen LogP contribution >= 0.6 is 0 Å². The number of carboxylic acid groups (broad SMARTS) is 1. The van der Waals surface area contributed by atoms with Crippen molar-refractivity contribution < 1.29 is 24.3 Å². The van der Waals surface area contributed by atoms with Crippen molar-refractivity contribution >= 4 is 17.3 Å². The maximum atomic E-state index is 11.2. The van der Waals surface area contributed by atoms with Gasteiger partial charge in [0.25, 0.3) is 5.69 Å². The van der Waals surface area contributed by atoms with Gasteiger partial charge in [0.1, 0.15) is 17.5 Å². The monoisotopic (exact) mass is 298 g/mol. The minimum absolute atomic E-state index is 0.144.